The first-order valence-electron chi connectivity index (χ1n) is 8.86. The number of benzene rings is 3. The summed E-state index contributed by atoms with van der Waals surface area (Å²) in [6.07, 6.45) is 0. The first-order valence-corrected chi connectivity index (χ1v) is 8.86. The summed E-state index contributed by atoms with van der Waals surface area (Å²) in [6.45, 7) is 0. The molecule has 0 aliphatic rings. The highest BCUT2D eigenvalue weighted by Crippen LogP contribution is 2.33. The average Bonchev–Trinajstić information content (AvgIpc) is 3.08. The fourth-order valence-electron chi connectivity index (χ4n) is 3.21. The number of carbonyl (C=O) groups is 2. The van der Waals surface area contributed by atoms with Crippen LogP contribution in [0.1, 0.15) is 10.5 Å². The normalized spacial score (nSPS) is 10.7. The molecule has 0 saturated heterocycles. The number of hydrogen-bond donors (Lipinski definition) is 4. The molecule has 0 fully saturated rings. The number of aromatic nitrogens is 1. The van der Waals surface area contributed by atoms with Crippen LogP contribution in [0.5, 0.6) is 0 Å². The third-order valence-corrected chi connectivity index (χ3v) is 4.47. The smallest absolute Gasteiger partial charge is 0.323 e. The molecule has 0 bridgehead atoms. The molecule has 0 aliphatic heterocycles. The predicted octanol–water partition coefficient (Wildman–Crippen LogP) is 4.72. The van der Waals surface area contributed by atoms with Crippen molar-refractivity contribution in [2.24, 2.45) is 5.73 Å². The van der Waals surface area contributed by atoms with Crippen molar-refractivity contribution < 1.29 is 14.0 Å². The number of para-hydroxylation sites is 1. The van der Waals surface area contributed by atoms with Crippen molar-refractivity contribution in [2.45, 2.75) is 0 Å². The molecule has 0 aliphatic carbocycles. The molecule has 0 radical (unpaired) electrons. The van der Waals surface area contributed by atoms with Gasteiger partial charge < -0.3 is 21.4 Å². The number of nitrogens with two attached hydrogens (primary N) is 1. The Labute approximate surface area is 165 Å². The minimum absolute atomic E-state index is 0.329. The number of hydrogen-bond acceptors (Lipinski definition) is 2. The number of rotatable bonds is 4. The second kappa shape index (κ2) is 7.47. The second-order valence-corrected chi connectivity index (χ2v) is 6.45. The average molecular weight is 388 g/mol. The summed E-state index contributed by atoms with van der Waals surface area (Å²) in [7, 11) is 0. The Morgan fingerprint density at radius 1 is 0.862 bits per heavy atom. The number of H-pyrrole nitrogens is 1. The fourth-order valence-corrected chi connectivity index (χ4v) is 3.21. The highest BCUT2D eigenvalue weighted by molar-refractivity contribution is 6.09. The summed E-state index contributed by atoms with van der Waals surface area (Å²) in [5.41, 5.74) is 9.07. The van der Waals surface area contributed by atoms with Crippen LogP contribution in [0.2, 0.25) is 0 Å². The zero-order chi connectivity index (χ0) is 20.4. The van der Waals surface area contributed by atoms with E-state index in [1.54, 1.807) is 30.3 Å². The molecule has 4 aromatic rings. The molecule has 0 spiro atoms. The molecular formula is C22H17FN4O2. The molecule has 144 valence electrons. The van der Waals surface area contributed by atoms with Gasteiger partial charge in [0.25, 0.3) is 5.91 Å². The van der Waals surface area contributed by atoms with E-state index < -0.39 is 17.8 Å². The third kappa shape index (κ3) is 3.79. The Morgan fingerprint density at radius 2 is 1.59 bits per heavy atom. The van der Waals surface area contributed by atoms with Gasteiger partial charge in [-0.15, -0.1) is 0 Å². The summed E-state index contributed by atoms with van der Waals surface area (Å²) in [6, 6.07) is 19.7. The number of fused-ring (bicyclic) bond motifs is 1. The Hall–Kier alpha value is -4.13. The SMILES string of the molecule is NC(=O)c1[nH]c2ccccc2c1-c1ccc(NC(=O)Nc2cccc(F)c2)cc1. The van der Waals surface area contributed by atoms with E-state index >= 15 is 0 Å². The van der Waals surface area contributed by atoms with Crippen LogP contribution in [-0.2, 0) is 0 Å². The lowest BCUT2D eigenvalue weighted by molar-refractivity contribution is 0.0997. The molecule has 0 saturated carbocycles. The number of anilines is 2. The van der Waals surface area contributed by atoms with Crippen LogP contribution in [-0.4, -0.2) is 16.9 Å². The van der Waals surface area contributed by atoms with Gasteiger partial charge >= 0.3 is 6.03 Å². The number of nitrogens with one attached hydrogen (secondary N) is 3. The number of halogens is 1. The largest absolute Gasteiger partial charge is 0.364 e. The molecule has 3 amide bonds. The quantitative estimate of drug-likeness (QED) is 0.407. The first-order chi connectivity index (χ1) is 14.0. The van der Waals surface area contributed by atoms with Gasteiger partial charge in [0.1, 0.15) is 11.5 Å². The monoisotopic (exact) mass is 388 g/mol. The van der Waals surface area contributed by atoms with Crippen LogP contribution in [0, 0.1) is 5.82 Å². The maximum absolute atomic E-state index is 13.2. The van der Waals surface area contributed by atoms with Gasteiger partial charge in [-0.25, -0.2) is 9.18 Å². The lowest BCUT2D eigenvalue weighted by Crippen LogP contribution is -2.19. The van der Waals surface area contributed by atoms with Gasteiger partial charge in [0, 0.05) is 27.8 Å². The van der Waals surface area contributed by atoms with Gasteiger partial charge in [0.2, 0.25) is 0 Å². The van der Waals surface area contributed by atoms with Crippen LogP contribution in [0.15, 0.2) is 72.8 Å². The summed E-state index contributed by atoms with van der Waals surface area (Å²) >= 11 is 0. The molecular weight excluding hydrogens is 371 g/mol. The molecule has 6 nitrogen and oxygen atoms in total. The van der Waals surface area contributed by atoms with E-state index in [9.17, 15) is 14.0 Å². The zero-order valence-electron chi connectivity index (χ0n) is 15.2. The Balaban J connectivity index is 1.57. The van der Waals surface area contributed by atoms with Crippen molar-refractivity contribution in [2.75, 3.05) is 10.6 Å². The van der Waals surface area contributed by atoms with Crippen LogP contribution in [0.25, 0.3) is 22.0 Å². The predicted molar refractivity (Wildman–Crippen MR) is 111 cm³/mol. The summed E-state index contributed by atoms with van der Waals surface area (Å²) in [4.78, 5) is 27.0. The third-order valence-electron chi connectivity index (χ3n) is 4.47. The lowest BCUT2D eigenvalue weighted by Gasteiger charge is -2.09. The van der Waals surface area contributed by atoms with Crippen LogP contribution in [0.4, 0.5) is 20.6 Å². The van der Waals surface area contributed by atoms with Crippen molar-refractivity contribution in [3.63, 3.8) is 0 Å². The van der Waals surface area contributed by atoms with E-state index in [0.717, 1.165) is 16.5 Å². The van der Waals surface area contributed by atoms with Crippen LogP contribution < -0.4 is 16.4 Å². The van der Waals surface area contributed by atoms with E-state index in [0.29, 0.717) is 22.6 Å². The molecule has 29 heavy (non-hydrogen) atoms. The molecule has 4 rings (SSSR count). The van der Waals surface area contributed by atoms with Crippen molar-refractivity contribution in [1.29, 1.82) is 0 Å². The van der Waals surface area contributed by atoms with Gasteiger partial charge in [0.05, 0.1) is 0 Å². The van der Waals surface area contributed by atoms with Gasteiger partial charge in [-0.3, -0.25) is 4.79 Å². The number of urea groups is 1. The Kier molecular flexibility index (Phi) is 4.70. The summed E-state index contributed by atoms with van der Waals surface area (Å²) < 4.78 is 13.2. The van der Waals surface area contributed by atoms with Gasteiger partial charge in [-0.05, 0) is 42.0 Å². The molecule has 1 aromatic heterocycles. The number of aromatic amines is 1. The highest BCUT2D eigenvalue weighted by Gasteiger charge is 2.17. The number of carbonyl (C=O) groups excluding carboxylic acids is 2. The van der Waals surface area contributed by atoms with Crippen LogP contribution in [0.3, 0.4) is 0 Å². The van der Waals surface area contributed by atoms with E-state index in [2.05, 4.69) is 15.6 Å². The summed E-state index contributed by atoms with van der Waals surface area (Å²) in [5.74, 6) is -0.982. The van der Waals surface area contributed by atoms with E-state index in [1.807, 2.05) is 24.3 Å². The maximum atomic E-state index is 13.2. The van der Waals surface area contributed by atoms with Crippen molar-refractivity contribution in [3.8, 4) is 11.1 Å². The van der Waals surface area contributed by atoms with E-state index in [-0.39, 0.29) is 0 Å². The topological polar surface area (TPSA) is 100 Å². The van der Waals surface area contributed by atoms with Crippen molar-refractivity contribution >= 4 is 34.2 Å². The Morgan fingerprint density at radius 3 is 2.31 bits per heavy atom. The molecule has 1 heterocycles. The minimum atomic E-state index is -0.548. The fraction of sp³-hybridized carbons (Fsp3) is 0. The number of amides is 3. The molecule has 0 atom stereocenters. The first kappa shape index (κ1) is 18.2. The molecule has 0 unspecified atom stereocenters. The molecule has 7 heteroatoms. The van der Waals surface area contributed by atoms with Gasteiger partial charge in [0.15, 0.2) is 0 Å². The van der Waals surface area contributed by atoms with Crippen molar-refractivity contribution in [1.82, 2.24) is 4.98 Å². The molecule has 3 aromatic carbocycles. The van der Waals surface area contributed by atoms with Gasteiger partial charge in [-0.2, -0.15) is 0 Å². The zero-order valence-corrected chi connectivity index (χ0v) is 15.2. The Bertz CT molecular complexity index is 1220. The van der Waals surface area contributed by atoms with E-state index in [4.69, 9.17) is 5.73 Å². The lowest BCUT2D eigenvalue weighted by atomic mass is 10.0. The minimum Gasteiger partial charge on any atom is -0.364 e. The van der Waals surface area contributed by atoms with Gasteiger partial charge in [-0.1, -0.05) is 36.4 Å². The van der Waals surface area contributed by atoms with E-state index in [1.165, 1.54) is 18.2 Å². The maximum Gasteiger partial charge on any atom is 0.323 e. The highest BCUT2D eigenvalue weighted by atomic mass is 19.1. The standard InChI is InChI=1S/C22H17FN4O2/c23-14-4-3-5-16(12-14)26-22(29)25-15-10-8-13(9-11-15)19-17-6-1-2-7-18(17)27-20(19)21(24)28/h1-12,27H,(H2,24,28)(H2,25,26,29). The molecule has 5 N–H and O–H groups in total. The number of primary amides is 1. The van der Waals surface area contributed by atoms with Crippen LogP contribution >= 0.6 is 0 Å². The van der Waals surface area contributed by atoms with Crippen molar-refractivity contribution in [3.05, 3.63) is 84.3 Å². The summed E-state index contributed by atoms with van der Waals surface area (Å²) in [5, 5.41) is 6.13. The second-order valence-electron chi connectivity index (χ2n) is 6.45.